The van der Waals surface area contributed by atoms with Crippen molar-refractivity contribution in [1.82, 2.24) is 5.16 Å². The highest BCUT2D eigenvalue weighted by molar-refractivity contribution is 7.99. The molecule has 0 aliphatic carbocycles. The molecule has 1 aromatic rings. The Balaban J connectivity index is 2.30. The zero-order valence-corrected chi connectivity index (χ0v) is 9.76. The van der Waals surface area contributed by atoms with Crippen molar-refractivity contribution in [3.05, 3.63) is 11.8 Å². The molecule has 1 heterocycles. The van der Waals surface area contributed by atoms with Gasteiger partial charge in [-0.15, -0.1) is 0 Å². The fraction of sp³-hybridized carbons (Fsp3) is 0.556. The van der Waals surface area contributed by atoms with Crippen LogP contribution >= 0.6 is 11.8 Å². The highest BCUT2D eigenvalue weighted by atomic mass is 32.2. The van der Waals surface area contributed by atoms with Crippen molar-refractivity contribution in [2.45, 2.75) is 19.1 Å². The van der Waals surface area contributed by atoms with Crippen molar-refractivity contribution in [3.8, 4) is 0 Å². The first kappa shape index (κ1) is 11.9. The molecule has 0 spiro atoms. The molecule has 0 aliphatic rings. The van der Waals surface area contributed by atoms with Crippen molar-refractivity contribution >= 4 is 23.7 Å². The van der Waals surface area contributed by atoms with Gasteiger partial charge in [0.25, 0.3) is 0 Å². The van der Waals surface area contributed by atoms with Gasteiger partial charge < -0.3 is 9.26 Å². The van der Waals surface area contributed by atoms with Gasteiger partial charge in [-0.05, 0) is 13.2 Å². The minimum atomic E-state index is -0.510. The first-order chi connectivity index (χ1) is 7.11. The van der Waals surface area contributed by atoms with E-state index in [9.17, 15) is 4.79 Å². The van der Waals surface area contributed by atoms with Gasteiger partial charge in [-0.25, -0.2) is 4.79 Å². The summed E-state index contributed by atoms with van der Waals surface area (Å²) in [6, 6.07) is 1.62. The molecule has 1 aromatic heterocycles. The standard InChI is InChI=1S/C9H14N2O3S/c1-6-4-8(11-14-6)10-9(12)13-5-7(2)15-3/h4,7H,5H2,1-3H3,(H,10,11,12)/t7-/m0/s1. The third-order valence-electron chi connectivity index (χ3n) is 1.71. The highest BCUT2D eigenvalue weighted by Gasteiger charge is 2.08. The number of thioether (sulfide) groups is 1. The number of carbonyl (C=O) groups excluding carboxylic acids is 1. The molecule has 1 rings (SSSR count). The summed E-state index contributed by atoms with van der Waals surface area (Å²) in [5.74, 6) is 1.01. The Hall–Kier alpha value is -1.17. The molecule has 0 radical (unpaired) electrons. The van der Waals surface area contributed by atoms with Gasteiger partial charge in [0.2, 0.25) is 0 Å². The van der Waals surface area contributed by atoms with Crippen LogP contribution in [0.1, 0.15) is 12.7 Å². The van der Waals surface area contributed by atoms with E-state index in [4.69, 9.17) is 9.26 Å². The average molecular weight is 230 g/mol. The molecule has 0 fully saturated rings. The second-order valence-electron chi connectivity index (χ2n) is 3.09. The molecule has 5 nitrogen and oxygen atoms in total. The number of ether oxygens (including phenoxy) is 1. The number of anilines is 1. The van der Waals surface area contributed by atoms with Crippen molar-refractivity contribution < 1.29 is 14.1 Å². The Labute approximate surface area is 92.5 Å². The predicted octanol–water partition coefficient (Wildman–Crippen LogP) is 2.28. The second-order valence-corrected chi connectivity index (χ2v) is 4.37. The van der Waals surface area contributed by atoms with Gasteiger partial charge in [0.1, 0.15) is 12.4 Å². The highest BCUT2D eigenvalue weighted by Crippen LogP contribution is 2.08. The lowest BCUT2D eigenvalue weighted by Crippen LogP contribution is -2.18. The van der Waals surface area contributed by atoms with Crippen LogP contribution in [0.5, 0.6) is 0 Å². The van der Waals surface area contributed by atoms with E-state index >= 15 is 0 Å². The summed E-state index contributed by atoms with van der Waals surface area (Å²) >= 11 is 1.64. The molecule has 6 heteroatoms. The lowest BCUT2D eigenvalue weighted by molar-refractivity contribution is 0.163. The van der Waals surface area contributed by atoms with Gasteiger partial charge >= 0.3 is 6.09 Å². The summed E-state index contributed by atoms with van der Waals surface area (Å²) in [5, 5.41) is 6.36. The third kappa shape index (κ3) is 4.24. The Morgan fingerprint density at radius 2 is 2.53 bits per heavy atom. The van der Waals surface area contributed by atoms with E-state index < -0.39 is 6.09 Å². The molecule has 0 saturated heterocycles. The zero-order chi connectivity index (χ0) is 11.3. The quantitative estimate of drug-likeness (QED) is 0.859. The molecule has 1 amide bonds. The topological polar surface area (TPSA) is 64.4 Å². The number of carbonyl (C=O) groups is 1. The van der Waals surface area contributed by atoms with E-state index in [1.165, 1.54) is 0 Å². The lowest BCUT2D eigenvalue weighted by Gasteiger charge is -2.08. The molecule has 0 bridgehead atoms. The Morgan fingerprint density at radius 1 is 1.80 bits per heavy atom. The van der Waals surface area contributed by atoms with E-state index in [1.54, 1.807) is 24.8 Å². The smallest absolute Gasteiger partial charge is 0.412 e. The van der Waals surface area contributed by atoms with Crippen LogP contribution < -0.4 is 5.32 Å². The van der Waals surface area contributed by atoms with Gasteiger partial charge in [-0.2, -0.15) is 11.8 Å². The minimum absolute atomic E-state index is 0.287. The van der Waals surface area contributed by atoms with Gasteiger partial charge in [0.15, 0.2) is 5.82 Å². The lowest BCUT2D eigenvalue weighted by atomic mass is 10.5. The van der Waals surface area contributed by atoms with Crippen LogP contribution in [0, 0.1) is 6.92 Å². The molecule has 0 aromatic carbocycles. The predicted molar refractivity (Wildman–Crippen MR) is 59.2 cm³/mol. The van der Waals surface area contributed by atoms with Crippen LogP contribution in [-0.2, 0) is 4.74 Å². The summed E-state index contributed by atoms with van der Waals surface area (Å²) in [4.78, 5) is 11.2. The summed E-state index contributed by atoms with van der Waals surface area (Å²) in [5.41, 5.74) is 0. The van der Waals surface area contributed by atoms with Crippen LogP contribution in [0.3, 0.4) is 0 Å². The maximum absolute atomic E-state index is 11.2. The molecule has 0 unspecified atom stereocenters. The van der Waals surface area contributed by atoms with Gasteiger partial charge in [0, 0.05) is 11.3 Å². The normalized spacial score (nSPS) is 12.2. The third-order valence-corrected chi connectivity index (χ3v) is 2.65. The molecule has 15 heavy (non-hydrogen) atoms. The van der Waals surface area contributed by atoms with Crippen LogP contribution in [0.2, 0.25) is 0 Å². The number of amides is 1. The number of aryl methyl sites for hydroxylation is 1. The maximum Gasteiger partial charge on any atom is 0.412 e. The molecule has 0 aliphatic heterocycles. The summed E-state index contributed by atoms with van der Waals surface area (Å²) in [6.45, 7) is 4.11. The Bertz CT molecular complexity index is 327. The largest absolute Gasteiger partial charge is 0.448 e. The number of aromatic nitrogens is 1. The van der Waals surface area contributed by atoms with Crippen molar-refractivity contribution in [2.75, 3.05) is 18.2 Å². The maximum atomic E-state index is 11.2. The van der Waals surface area contributed by atoms with E-state index in [-0.39, 0.29) is 5.25 Å². The van der Waals surface area contributed by atoms with Gasteiger partial charge in [-0.1, -0.05) is 12.1 Å². The Kier molecular flexibility index (Phi) is 4.48. The van der Waals surface area contributed by atoms with Gasteiger partial charge in [0.05, 0.1) is 0 Å². The number of nitrogens with zero attached hydrogens (tertiary/aromatic N) is 1. The Morgan fingerprint density at radius 3 is 3.07 bits per heavy atom. The molecule has 84 valence electrons. The first-order valence-electron chi connectivity index (χ1n) is 4.51. The second kappa shape index (κ2) is 5.65. The number of rotatable bonds is 4. The molecule has 1 N–H and O–H groups in total. The van der Waals surface area contributed by atoms with Gasteiger partial charge in [-0.3, -0.25) is 5.32 Å². The molecular formula is C9H14N2O3S. The van der Waals surface area contributed by atoms with Crippen molar-refractivity contribution in [2.24, 2.45) is 0 Å². The number of hydrogen-bond acceptors (Lipinski definition) is 5. The minimum Gasteiger partial charge on any atom is -0.448 e. The van der Waals surface area contributed by atoms with E-state index in [2.05, 4.69) is 10.5 Å². The first-order valence-corrected chi connectivity index (χ1v) is 5.80. The van der Waals surface area contributed by atoms with Crippen molar-refractivity contribution in [1.29, 1.82) is 0 Å². The molecule has 0 saturated carbocycles. The zero-order valence-electron chi connectivity index (χ0n) is 8.94. The molecule has 1 atom stereocenters. The number of nitrogens with one attached hydrogen (secondary N) is 1. The van der Waals surface area contributed by atoms with E-state index in [0.717, 1.165) is 0 Å². The van der Waals surface area contributed by atoms with Crippen molar-refractivity contribution in [3.63, 3.8) is 0 Å². The SMILES string of the molecule is CS[C@@H](C)COC(=O)Nc1cc(C)on1. The fourth-order valence-electron chi connectivity index (χ4n) is 0.827. The fourth-order valence-corrected chi connectivity index (χ4v) is 1.03. The average Bonchev–Trinajstić information content (AvgIpc) is 2.60. The summed E-state index contributed by atoms with van der Waals surface area (Å²) in [7, 11) is 0. The summed E-state index contributed by atoms with van der Waals surface area (Å²) < 4.78 is 9.74. The summed E-state index contributed by atoms with van der Waals surface area (Å²) in [6.07, 6.45) is 1.46. The van der Waals surface area contributed by atoms with Crippen LogP contribution in [0.4, 0.5) is 10.6 Å². The van der Waals surface area contributed by atoms with Crippen LogP contribution in [-0.4, -0.2) is 29.4 Å². The van der Waals surface area contributed by atoms with E-state index in [1.807, 2.05) is 13.2 Å². The number of hydrogen-bond donors (Lipinski definition) is 1. The monoisotopic (exact) mass is 230 g/mol. The molecular weight excluding hydrogens is 216 g/mol. The van der Waals surface area contributed by atoms with Crippen LogP contribution in [0.25, 0.3) is 0 Å². The van der Waals surface area contributed by atoms with E-state index in [0.29, 0.717) is 18.2 Å². The van der Waals surface area contributed by atoms with Crippen LogP contribution in [0.15, 0.2) is 10.6 Å².